The lowest BCUT2D eigenvalue weighted by molar-refractivity contribution is 0.475. The minimum absolute atomic E-state index is 0.0901. The number of fused-ring (bicyclic) bond motifs is 1. The highest BCUT2D eigenvalue weighted by molar-refractivity contribution is 5.55. The number of hydrogen-bond acceptors (Lipinski definition) is 4. The molecule has 126 valence electrons. The molecule has 0 spiro atoms. The Bertz CT molecular complexity index is 874. The van der Waals surface area contributed by atoms with E-state index >= 15 is 0 Å². The van der Waals surface area contributed by atoms with E-state index in [4.69, 9.17) is 4.98 Å². The topological polar surface area (TPSA) is 41.1 Å². The second-order valence-corrected chi connectivity index (χ2v) is 7.13. The zero-order valence-electron chi connectivity index (χ0n) is 14.6. The average Bonchev–Trinajstić information content (AvgIpc) is 2.62. The molecule has 1 aromatic heterocycles. The van der Waals surface area contributed by atoms with E-state index in [1.807, 2.05) is 42.6 Å². The van der Waals surface area contributed by atoms with Gasteiger partial charge in [0.1, 0.15) is 5.82 Å². The number of hydrogen-bond donors (Lipinski definition) is 1. The van der Waals surface area contributed by atoms with E-state index in [1.165, 1.54) is 11.1 Å². The molecule has 0 saturated carbocycles. The second-order valence-electron chi connectivity index (χ2n) is 7.13. The molecule has 1 N–H and O–H groups in total. The zero-order valence-corrected chi connectivity index (χ0v) is 14.6. The summed E-state index contributed by atoms with van der Waals surface area (Å²) in [7, 11) is 0. The minimum atomic E-state index is 0.0901. The molecule has 1 aliphatic rings. The molecule has 25 heavy (non-hydrogen) atoms. The van der Waals surface area contributed by atoms with Crippen LogP contribution in [0.15, 0.2) is 66.9 Å². The molecule has 0 bridgehead atoms. The highest BCUT2D eigenvalue weighted by Crippen LogP contribution is 2.35. The molecule has 0 atom stereocenters. The molecule has 0 fully saturated rings. The highest BCUT2D eigenvalue weighted by Gasteiger charge is 2.32. The lowest BCUT2D eigenvalue weighted by Gasteiger charge is -2.40. The smallest absolute Gasteiger partial charge is 0.229 e. The van der Waals surface area contributed by atoms with Crippen molar-refractivity contribution in [3.05, 3.63) is 78.0 Å². The van der Waals surface area contributed by atoms with Crippen LogP contribution >= 0.6 is 0 Å². The van der Waals surface area contributed by atoms with Crippen LogP contribution in [0.3, 0.4) is 0 Å². The lowest BCUT2D eigenvalue weighted by atomic mass is 9.78. The van der Waals surface area contributed by atoms with Crippen molar-refractivity contribution in [2.45, 2.75) is 25.8 Å². The number of nitrogens with one attached hydrogen (secondary N) is 1. The van der Waals surface area contributed by atoms with Crippen molar-refractivity contribution in [3.8, 4) is 0 Å². The van der Waals surface area contributed by atoms with Gasteiger partial charge in [-0.25, -0.2) is 4.98 Å². The Morgan fingerprint density at radius 2 is 1.72 bits per heavy atom. The summed E-state index contributed by atoms with van der Waals surface area (Å²) in [6, 6.07) is 20.7. The predicted molar refractivity (Wildman–Crippen MR) is 102 cm³/mol. The molecule has 0 unspecified atom stereocenters. The SMILES string of the molecule is CC1(C)CN(c2ccnc(Nc3ccccc3)n2)Cc2ccccc21. The quantitative estimate of drug-likeness (QED) is 0.767. The molecule has 4 nitrogen and oxygen atoms in total. The fraction of sp³-hybridized carbons (Fsp3) is 0.238. The van der Waals surface area contributed by atoms with Crippen molar-refractivity contribution in [1.82, 2.24) is 9.97 Å². The fourth-order valence-corrected chi connectivity index (χ4v) is 3.54. The minimum Gasteiger partial charge on any atom is -0.351 e. The second kappa shape index (κ2) is 6.20. The van der Waals surface area contributed by atoms with Gasteiger partial charge in [0.05, 0.1) is 0 Å². The third kappa shape index (κ3) is 3.20. The molecule has 0 aliphatic carbocycles. The third-order valence-corrected chi connectivity index (χ3v) is 4.69. The molecular formula is C21H22N4. The number of aromatic nitrogens is 2. The van der Waals surface area contributed by atoms with Crippen LogP contribution < -0.4 is 10.2 Å². The van der Waals surface area contributed by atoms with Crippen LogP contribution in [0.1, 0.15) is 25.0 Å². The van der Waals surface area contributed by atoms with E-state index in [2.05, 4.69) is 53.3 Å². The van der Waals surface area contributed by atoms with E-state index in [0.717, 1.165) is 24.6 Å². The van der Waals surface area contributed by atoms with E-state index < -0.39 is 0 Å². The van der Waals surface area contributed by atoms with Crippen molar-refractivity contribution in [2.75, 3.05) is 16.8 Å². The number of anilines is 3. The lowest BCUT2D eigenvalue weighted by Crippen LogP contribution is -2.42. The van der Waals surface area contributed by atoms with E-state index in [0.29, 0.717) is 5.95 Å². The van der Waals surface area contributed by atoms with Crippen LogP contribution in [0.25, 0.3) is 0 Å². The molecule has 4 heteroatoms. The van der Waals surface area contributed by atoms with Crippen LogP contribution in [0.5, 0.6) is 0 Å². The number of nitrogens with zero attached hydrogens (tertiary/aromatic N) is 3. The van der Waals surface area contributed by atoms with Gasteiger partial charge in [0, 0.05) is 30.4 Å². The number of para-hydroxylation sites is 1. The first kappa shape index (κ1) is 15.6. The summed E-state index contributed by atoms with van der Waals surface area (Å²) in [6.45, 7) is 6.40. The van der Waals surface area contributed by atoms with Crippen molar-refractivity contribution in [3.63, 3.8) is 0 Å². The molecule has 0 amide bonds. The monoisotopic (exact) mass is 330 g/mol. The van der Waals surface area contributed by atoms with Crippen LogP contribution in [-0.2, 0) is 12.0 Å². The molecule has 0 radical (unpaired) electrons. The predicted octanol–water partition coefficient (Wildman–Crippen LogP) is 4.52. The maximum absolute atomic E-state index is 4.73. The van der Waals surface area contributed by atoms with Gasteiger partial charge in [0.15, 0.2) is 0 Å². The largest absolute Gasteiger partial charge is 0.351 e. The van der Waals surface area contributed by atoms with Gasteiger partial charge < -0.3 is 10.2 Å². The molecule has 0 saturated heterocycles. The van der Waals surface area contributed by atoms with Gasteiger partial charge in [-0.15, -0.1) is 0 Å². The Kier molecular flexibility index (Phi) is 3.88. The van der Waals surface area contributed by atoms with Gasteiger partial charge in [0.2, 0.25) is 5.95 Å². The molecule has 2 aromatic carbocycles. The summed E-state index contributed by atoms with van der Waals surface area (Å²) >= 11 is 0. The Morgan fingerprint density at radius 3 is 2.56 bits per heavy atom. The Morgan fingerprint density at radius 1 is 0.960 bits per heavy atom. The van der Waals surface area contributed by atoms with Gasteiger partial charge in [-0.3, -0.25) is 0 Å². The van der Waals surface area contributed by atoms with Crippen LogP contribution in [0.2, 0.25) is 0 Å². The van der Waals surface area contributed by atoms with Crippen molar-refractivity contribution < 1.29 is 0 Å². The molecule has 1 aliphatic heterocycles. The van der Waals surface area contributed by atoms with E-state index in [9.17, 15) is 0 Å². The zero-order chi connectivity index (χ0) is 17.3. The normalized spacial score (nSPS) is 15.5. The summed E-state index contributed by atoms with van der Waals surface area (Å²) in [5.41, 5.74) is 3.88. The maximum Gasteiger partial charge on any atom is 0.229 e. The molecule has 2 heterocycles. The standard InChI is InChI=1S/C21H22N4/c1-21(2)15-25(14-16-8-6-7-11-18(16)21)19-12-13-22-20(24-19)23-17-9-4-3-5-10-17/h3-13H,14-15H2,1-2H3,(H,22,23,24). The van der Waals surface area contributed by atoms with Crippen molar-refractivity contribution >= 4 is 17.5 Å². The first-order valence-electron chi connectivity index (χ1n) is 8.60. The number of benzene rings is 2. The summed E-state index contributed by atoms with van der Waals surface area (Å²) < 4.78 is 0. The summed E-state index contributed by atoms with van der Waals surface area (Å²) in [5, 5.41) is 3.27. The summed E-state index contributed by atoms with van der Waals surface area (Å²) in [5.74, 6) is 1.58. The third-order valence-electron chi connectivity index (χ3n) is 4.69. The van der Waals surface area contributed by atoms with Gasteiger partial charge in [-0.1, -0.05) is 56.3 Å². The molecule has 4 rings (SSSR count). The van der Waals surface area contributed by atoms with Gasteiger partial charge in [-0.05, 0) is 29.3 Å². The first-order chi connectivity index (χ1) is 12.1. The van der Waals surface area contributed by atoms with Crippen molar-refractivity contribution in [2.24, 2.45) is 0 Å². The van der Waals surface area contributed by atoms with E-state index in [1.54, 1.807) is 0 Å². The highest BCUT2D eigenvalue weighted by atomic mass is 15.2. The number of rotatable bonds is 3. The summed E-state index contributed by atoms with van der Waals surface area (Å²) in [6.07, 6.45) is 1.82. The Labute approximate surface area is 148 Å². The van der Waals surface area contributed by atoms with E-state index in [-0.39, 0.29) is 5.41 Å². The van der Waals surface area contributed by atoms with Gasteiger partial charge >= 0.3 is 0 Å². The van der Waals surface area contributed by atoms with Crippen molar-refractivity contribution in [1.29, 1.82) is 0 Å². The van der Waals surface area contributed by atoms with Crippen LogP contribution in [0.4, 0.5) is 17.5 Å². The van der Waals surface area contributed by atoms with Crippen LogP contribution in [0, 0.1) is 0 Å². The maximum atomic E-state index is 4.73. The Balaban J connectivity index is 1.62. The van der Waals surface area contributed by atoms with Crippen LogP contribution in [-0.4, -0.2) is 16.5 Å². The molecular weight excluding hydrogens is 308 g/mol. The Hall–Kier alpha value is -2.88. The first-order valence-corrected chi connectivity index (χ1v) is 8.60. The fourth-order valence-electron chi connectivity index (χ4n) is 3.54. The average molecular weight is 330 g/mol. The van der Waals surface area contributed by atoms with Gasteiger partial charge in [-0.2, -0.15) is 4.98 Å². The summed E-state index contributed by atoms with van der Waals surface area (Å²) in [4.78, 5) is 11.4. The molecule has 3 aromatic rings. The van der Waals surface area contributed by atoms with Gasteiger partial charge in [0.25, 0.3) is 0 Å².